The van der Waals surface area contributed by atoms with E-state index >= 15 is 0 Å². The van der Waals surface area contributed by atoms with Gasteiger partial charge in [-0.3, -0.25) is 0 Å². The predicted octanol–water partition coefficient (Wildman–Crippen LogP) is 2.40. The maximum Gasteiger partial charge on any atom is 0.0372 e. The molecule has 1 aromatic carbocycles. The minimum Gasteiger partial charge on any atom is -0.378 e. The standard InChI is InChI=1S/C11H17BrN2/c1-8(13)6-9-4-5-10(14(2)3)7-11(9)12/h4-5,7-8H,6,13H2,1-3H3. The Morgan fingerprint density at radius 1 is 1.43 bits per heavy atom. The largest absolute Gasteiger partial charge is 0.378 e. The first kappa shape index (κ1) is 11.5. The molecule has 2 N–H and O–H groups in total. The highest BCUT2D eigenvalue weighted by Gasteiger charge is 2.04. The van der Waals surface area contributed by atoms with Crippen molar-refractivity contribution in [2.75, 3.05) is 19.0 Å². The maximum atomic E-state index is 5.76. The van der Waals surface area contributed by atoms with Crippen molar-refractivity contribution >= 4 is 21.6 Å². The van der Waals surface area contributed by atoms with Gasteiger partial charge in [-0.1, -0.05) is 22.0 Å². The summed E-state index contributed by atoms with van der Waals surface area (Å²) in [4.78, 5) is 2.08. The maximum absolute atomic E-state index is 5.76. The molecule has 14 heavy (non-hydrogen) atoms. The fraction of sp³-hybridized carbons (Fsp3) is 0.455. The molecule has 0 radical (unpaired) electrons. The molecule has 3 heteroatoms. The van der Waals surface area contributed by atoms with Crippen molar-refractivity contribution in [2.24, 2.45) is 5.73 Å². The Kier molecular flexibility index (Phi) is 3.96. The normalized spacial score (nSPS) is 12.6. The summed E-state index contributed by atoms with van der Waals surface area (Å²) in [6.45, 7) is 2.02. The van der Waals surface area contributed by atoms with Gasteiger partial charge in [-0.05, 0) is 31.0 Å². The summed E-state index contributed by atoms with van der Waals surface area (Å²) < 4.78 is 1.14. The van der Waals surface area contributed by atoms with E-state index < -0.39 is 0 Å². The molecule has 1 unspecified atom stereocenters. The molecule has 0 aromatic heterocycles. The van der Waals surface area contributed by atoms with E-state index in [1.807, 2.05) is 21.0 Å². The fourth-order valence-corrected chi connectivity index (χ4v) is 1.86. The predicted molar refractivity (Wildman–Crippen MR) is 65.8 cm³/mol. The molecule has 0 spiro atoms. The average Bonchev–Trinajstić information content (AvgIpc) is 2.07. The third kappa shape index (κ3) is 3.00. The highest BCUT2D eigenvalue weighted by atomic mass is 79.9. The minimum atomic E-state index is 0.205. The Balaban J connectivity index is 2.90. The summed E-state index contributed by atoms with van der Waals surface area (Å²) in [5.74, 6) is 0. The van der Waals surface area contributed by atoms with E-state index in [4.69, 9.17) is 5.73 Å². The lowest BCUT2D eigenvalue weighted by molar-refractivity contribution is 0.736. The monoisotopic (exact) mass is 256 g/mol. The summed E-state index contributed by atoms with van der Waals surface area (Å²) in [6.07, 6.45) is 0.911. The number of anilines is 1. The third-order valence-electron chi connectivity index (χ3n) is 2.09. The quantitative estimate of drug-likeness (QED) is 0.900. The van der Waals surface area contributed by atoms with Crippen molar-refractivity contribution in [3.63, 3.8) is 0 Å². The molecule has 0 aliphatic heterocycles. The lowest BCUT2D eigenvalue weighted by Crippen LogP contribution is -2.18. The lowest BCUT2D eigenvalue weighted by atomic mass is 10.1. The Morgan fingerprint density at radius 2 is 2.07 bits per heavy atom. The molecule has 1 atom stereocenters. The van der Waals surface area contributed by atoms with E-state index in [1.54, 1.807) is 0 Å². The Hall–Kier alpha value is -0.540. The summed E-state index contributed by atoms with van der Waals surface area (Å²) in [5.41, 5.74) is 8.23. The van der Waals surface area contributed by atoms with Crippen molar-refractivity contribution in [1.82, 2.24) is 0 Å². The van der Waals surface area contributed by atoms with Crippen molar-refractivity contribution < 1.29 is 0 Å². The first-order valence-electron chi connectivity index (χ1n) is 4.72. The summed E-state index contributed by atoms with van der Waals surface area (Å²) in [6, 6.07) is 6.57. The van der Waals surface area contributed by atoms with Crippen LogP contribution >= 0.6 is 15.9 Å². The van der Waals surface area contributed by atoms with Crippen LogP contribution in [0.15, 0.2) is 22.7 Å². The molecule has 0 aliphatic carbocycles. The van der Waals surface area contributed by atoms with Crippen LogP contribution in [0.5, 0.6) is 0 Å². The third-order valence-corrected chi connectivity index (χ3v) is 2.83. The molecule has 78 valence electrons. The van der Waals surface area contributed by atoms with Gasteiger partial charge in [0.1, 0.15) is 0 Å². The van der Waals surface area contributed by atoms with Gasteiger partial charge in [-0.2, -0.15) is 0 Å². The van der Waals surface area contributed by atoms with E-state index in [0.29, 0.717) is 0 Å². The molecular formula is C11H17BrN2. The number of halogens is 1. The molecule has 1 rings (SSSR count). The van der Waals surface area contributed by atoms with Crippen LogP contribution in [0.4, 0.5) is 5.69 Å². The molecular weight excluding hydrogens is 240 g/mol. The second-order valence-corrected chi connectivity index (χ2v) is 4.71. The topological polar surface area (TPSA) is 29.3 Å². The molecule has 1 aromatic rings. The van der Waals surface area contributed by atoms with E-state index in [1.165, 1.54) is 11.3 Å². The van der Waals surface area contributed by atoms with Gasteiger partial charge in [0.05, 0.1) is 0 Å². The number of nitrogens with two attached hydrogens (primary N) is 1. The van der Waals surface area contributed by atoms with Crippen LogP contribution in [0, 0.1) is 0 Å². The van der Waals surface area contributed by atoms with E-state index in [-0.39, 0.29) is 6.04 Å². The first-order valence-corrected chi connectivity index (χ1v) is 5.51. The lowest BCUT2D eigenvalue weighted by Gasteiger charge is -2.15. The van der Waals surface area contributed by atoms with Gasteiger partial charge in [0.25, 0.3) is 0 Å². The van der Waals surface area contributed by atoms with Crippen molar-refractivity contribution in [1.29, 1.82) is 0 Å². The van der Waals surface area contributed by atoms with Gasteiger partial charge < -0.3 is 10.6 Å². The van der Waals surface area contributed by atoms with Crippen LogP contribution in [-0.2, 0) is 6.42 Å². The first-order chi connectivity index (χ1) is 6.50. The van der Waals surface area contributed by atoms with Gasteiger partial charge in [-0.25, -0.2) is 0 Å². The second kappa shape index (κ2) is 4.80. The summed E-state index contributed by atoms with van der Waals surface area (Å²) in [7, 11) is 4.07. The molecule has 0 saturated heterocycles. The fourth-order valence-electron chi connectivity index (χ4n) is 1.33. The van der Waals surface area contributed by atoms with Crippen LogP contribution in [0.1, 0.15) is 12.5 Å². The van der Waals surface area contributed by atoms with Gasteiger partial charge in [0.15, 0.2) is 0 Å². The van der Waals surface area contributed by atoms with Gasteiger partial charge in [0.2, 0.25) is 0 Å². The zero-order valence-corrected chi connectivity index (χ0v) is 10.5. The van der Waals surface area contributed by atoms with Crippen LogP contribution in [0.2, 0.25) is 0 Å². The molecule has 0 saturated carbocycles. The molecule has 0 bridgehead atoms. The van der Waals surface area contributed by atoms with E-state index in [2.05, 4.69) is 39.0 Å². The molecule has 0 fully saturated rings. The smallest absolute Gasteiger partial charge is 0.0372 e. The summed E-state index contributed by atoms with van der Waals surface area (Å²) in [5, 5.41) is 0. The van der Waals surface area contributed by atoms with E-state index in [9.17, 15) is 0 Å². The number of rotatable bonds is 3. The number of hydrogen-bond acceptors (Lipinski definition) is 2. The van der Waals surface area contributed by atoms with E-state index in [0.717, 1.165) is 10.9 Å². The Bertz CT molecular complexity index is 308. The van der Waals surface area contributed by atoms with Gasteiger partial charge >= 0.3 is 0 Å². The zero-order chi connectivity index (χ0) is 10.7. The SMILES string of the molecule is CC(N)Cc1ccc(N(C)C)cc1Br. The van der Waals surface area contributed by atoms with Crippen LogP contribution in [0.25, 0.3) is 0 Å². The Labute approximate surface area is 94.2 Å². The van der Waals surface area contributed by atoms with Gasteiger partial charge in [0, 0.05) is 30.3 Å². The van der Waals surface area contributed by atoms with Crippen molar-refractivity contribution in [3.05, 3.63) is 28.2 Å². The van der Waals surface area contributed by atoms with Crippen LogP contribution in [0.3, 0.4) is 0 Å². The number of benzene rings is 1. The summed E-state index contributed by atoms with van der Waals surface area (Å²) >= 11 is 3.56. The van der Waals surface area contributed by atoms with Crippen LogP contribution in [-0.4, -0.2) is 20.1 Å². The minimum absolute atomic E-state index is 0.205. The highest BCUT2D eigenvalue weighted by molar-refractivity contribution is 9.10. The van der Waals surface area contributed by atoms with Crippen LogP contribution < -0.4 is 10.6 Å². The Morgan fingerprint density at radius 3 is 2.50 bits per heavy atom. The zero-order valence-electron chi connectivity index (χ0n) is 8.92. The molecule has 0 aliphatic rings. The van der Waals surface area contributed by atoms with Crippen molar-refractivity contribution in [2.45, 2.75) is 19.4 Å². The number of hydrogen-bond donors (Lipinski definition) is 1. The average molecular weight is 257 g/mol. The number of nitrogens with zero attached hydrogens (tertiary/aromatic N) is 1. The second-order valence-electron chi connectivity index (χ2n) is 3.85. The molecule has 0 amide bonds. The highest BCUT2D eigenvalue weighted by Crippen LogP contribution is 2.23. The molecule has 0 heterocycles. The van der Waals surface area contributed by atoms with Gasteiger partial charge in [-0.15, -0.1) is 0 Å². The van der Waals surface area contributed by atoms with Crippen molar-refractivity contribution in [3.8, 4) is 0 Å². The molecule has 2 nitrogen and oxygen atoms in total.